The SMILES string of the molecule is O=C(CSc1nc(CN2CCOCC2)nc2ccccc12)Nc1ccccc1OC(F)F. The van der Waals surface area contributed by atoms with Crippen LogP contribution in [0.25, 0.3) is 10.9 Å². The molecule has 2 aromatic carbocycles. The molecule has 0 unspecified atom stereocenters. The van der Waals surface area contributed by atoms with Crippen molar-refractivity contribution in [3.63, 3.8) is 0 Å². The van der Waals surface area contributed by atoms with Crippen molar-refractivity contribution in [2.24, 2.45) is 0 Å². The Balaban J connectivity index is 1.47. The Labute approximate surface area is 188 Å². The molecule has 1 aliphatic heterocycles. The molecule has 1 aromatic heterocycles. The average Bonchev–Trinajstić information content (AvgIpc) is 2.79. The van der Waals surface area contributed by atoms with Crippen LogP contribution >= 0.6 is 11.8 Å². The third-order valence-corrected chi connectivity index (χ3v) is 5.79. The number of anilines is 1. The van der Waals surface area contributed by atoms with Gasteiger partial charge in [0.05, 0.1) is 36.7 Å². The lowest BCUT2D eigenvalue weighted by atomic mass is 10.2. The van der Waals surface area contributed by atoms with E-state index in [1.54, 1.807) is 12.1 Å². The molecule has 32 heavy (non-hydrogen) atoms. The monoisotopic (exact) mass is 460 g/mol. The Morgan fingerprint density at radius 3 is 2.69 bits per heavy atom. The average molecular weight is 461 g/mol. The van der Waals surface area contributed by atoms with Gasteiger partial charge < -0.3 is 14.8 Å². The van der Waals surface area contributed by atoms with E-state index in [4.69, 9.17) is 9.72 Å². The summed E-state index contributed by atoms with van der Waals surface area (Å²) in [5, 5.41) is 4.19. The number of carbonyl (C=O) groups is 1. The first-order chi connectivity index (χ1) is 15.6. The van der Waals surface area contributed by atoms with E-state index < -0.39 is 6.61 Å². The predicted octanol–water partition coefficient (Wildman–Crippen LogP) is 3.79. The van der Waals surface area contributed by atoms with Crippen LogP contribution in [-0.2, 0) is 16.1 Å². The predicted molar refractivity (Wildman–Crippen MR) is 118 cm³/mol. The molecule has 7 nitrogen and oxygen atoms in total. The summed E-state index contributed by atoms with van der Waals surface area (Å²) in [6.45, 7) is 0.645. The largest absolute Gasteiger partial charge is 0.433 e. The lowest BCUT2D eigenvalue weighted by Crippen LogP contribution is -2.36. The highest BCUT2D eigenvalue weighted by Gasteiger charge is 2.16. The van der Waals surface area contributed by atoms with E-state index in [9.17, 15) is 13.6 Å². The molecule has 0 saturated carbocycles. The maximum Gasteiger partial charge on any atom is 0.387 e. The summed E-state index contributed by atoms with van der Waals surface area (Å²) in [6.07, 6.45) is 0. The molecule has 0 spiro atoms. The van der Waals surface area contributed by atoms with Gasteiger partial charge in [0.2, 0.25) is 5.91 Å². The molecule has 1 aliphatic rings. The van der Waals surface area contributed by atoms with Crippen molar-refractivity contribution in [1.29, 1.82) is 0 Å². The van der Waals surface area contributed by atoms with Gasteiger partial charge in [-0.15, -0.1) is 0 Å². The normalized spacial score (nSPS) is 14.6. The van der Waals surface area contributed by atoms with Crippen molar-refractivity contribution in [3.8, 4) is 5.75 Å². The summed E-state index contributed by atoms with van der Waals surface area (Å²) < 4.78 is 35.1. The smallest absolute Gasteiger partial charge is 0.387 e. The van der Waals surface area contributed by atoms with Crippen LogP contribution in [0.2, 0.25) is 0 Å². The van der Waals surface area contributed by atoms with Crippen LogP contribution in [0.5, 0.6) is 5.75 Å². The van der Waals surface area contributed by atoms with Gasteiger partial charge >= 0.3 is 6.61 Å². The third-order valence-electron chi connectivity index (χ3n) is 4.80. The van der Waals surface area contributed by atoms with Gasteiger partial charge in [0, 0.05) is 18.5 Å². The molecule has 10 heteroatoms. The van der Waals surface area contributed by atoms with Crippen LogP contribution in [0.3, 0.4) is 0 Å². The van der Waals surface area contributed by atoms with E-state index in [1.165, 1.54) is 23.9 Å². The molecule has 0 radical (unpaired) electrons. The van der Waals surface area contributed by atoms with Crippen LogP contribution in [0.1, 0.15) is 5.82 Å². The van der Waals surface area contributed by atoms with Gasteiger partial charge in [0.25, 0.3) is 0 Å². The molecule has 1 N–H and O–H groups in total. The number of morpholine rings is 1. The zero-order valence-electron chi connectivity index (χ0n) is 17.2. The standard InChI is InChI=1S/C22H22F2N4O3S/c23-22(24)31-18-8-4-3-7-17(18)26-20(29)14-32-21-15-5-1-2-6-16(15)25-19(27-21)13-28-9-11-30-12-10-28/h1-8,22H,9-14H2,(H,26,29). The van der Waals surface area contributed by atoms with Crippen molar-refractivity contribution in [2.45, 2.75) is 18.2 Å². The number of alkyl halides is 2. The van der Waals surface area contributed by atoms with Crippen molar-refractivity contribution in [2.75, 3.05) is 37.4 Å². The lowest BCUT2D eigenvalue weighted by molar-refractivity contribution is -0.113. The second kappa shape index (κ2) is 10.7. The zero-order valence-corrected chi connectivity index (χ0v) is 18.0. The summed E-state index contributed by atoms with van der Waals surface area (Å²) in [7, 11) is 0. The molecule has 3 aromatic rings. The highest BCUT2D eigenvalue weighted by Crippen LogP contribution is 2.28. The molecule has 1 amide bonds. The van der Waals surface area contributed by atoms with E-state index in [-0.39, 0.29) is 23.1 Å². The number of hydrogen-bond acceptors (Lipinski definition) is 7. The number of hydrogen-bond donors (Lipinski definition) is 1. The lowest BCUT2D eigenvalue weighted by Gasteiger charge is -2.25. The van der Waals surface area contributed by atoms with Gasteiger partial charge in [-0.1, -0.05) is 42.1 Å². The highest BCUT2D eigenvalue weighted by molar-refractivity contribution is 8.00. The van der Waals surface area contributed by atoms with Crippen molar-refractivity contribution >= 4 is 34.3 Å². The molecule has 2 heterocycles. The highest BCUT2D eigenvalue weighted by atomic mass is 32.2. The van der Waals surface area contributed by atoms with Crippen molar-refractivity contribution in [1.82, 2.24) is 14.9 Å². The van der Waals surface area contributed by atoms with E-state index in [1.807, 2.05) is 24.3 Å². The molecule has 0 aliphatic carbocycles. The second-order valence-electron chi connectivity index (χ2n) is 7.06. The van der Waals surface area contributed by atoms with Gasteiger partial charge in [0.1, 0.15) is 16.6 Å². The first-order valence-electron chi connectivity index (χ1n) is 10.1. The number of rotatable bonds is 8. The minimum absolute atomic E-state index is 0.0566. The minimum Gasteiger partial charge on any atom is -0.433 e. The number of nitrogens with zero attached hydrogens (tertiary/aromatic N) is 3. The summed E-state index contributed by atoms with van der Waals surface area (Å²) >= 11 is 1.28. The van der Waals surface area contributed by atoms with Crippen LogP contribution in [0.4, 0.5) is 14.5 Å². The molecular weight excluding hydrogens is 438 g/mol. The van der Waals surface area contributed by atoms with Crippen LogP contribution in [0.15, 0.2) is 53.6 Å². The van der Waals surface area contributed by atoms with Gasteiger partial charge in [-0.05, 0) is 18.2 Å². The van der Waals surface area contributed by atoms with Crippen LogP contribution in [0, 0.1) is 0 Å². The van der Waals surface area contributed by atoms with Gasteiger partial charge in [-0.2, -0.15) is 8.78 Å². The van der Waals surface area contributed by atoms with Gasteiger partial charge in [0.15, 0.2) is 0 Å². The number of ether oxygens (including phenoxy) is 2. The molecule has 1 fully saturated rings. The first kappa shape index (κ1) is 22.4. The Hall–Kier alpha value is -2.82. The molecule has 168 valence electrons. The van der Waals surface area contributed by atoms with Crippen LogP contribution < -0.4 is 10.1 Å². The minimum atomic E-state index is -2.97. The number of carbonyl (C=O) groups excluding carboxylic acids is 1. The zero-order chi connectivity index (χ0) is 22.3. The fourth-order valence-electron chi connectivity index (χ4n) is 3.32. The number of nitrogens with one attached hydrogen (secondary N) is 1. The summed E-state index contributed by atoms with van der Waals surface area (Å²) in [5.41, 5.74) is 1.00. The van der Waals surface area contributed by atoms with E-state index in [0.717, 1.165) is 24.0 Å². The maximum absolute atomic E-state index is 12.6. The number of benzene rings is 2. The fourth-order valence-corrected chi connectivity index (χ4v) is 4.16. The molecular formula is C22H22F2N4O3S. The molecule has 1 saturated heterocycles. The summed E-state index contributed by atoms with van der Waals surface area (Å²) in [6, 6.07) is 13.7. The number of para-hydroxylation sites is 3. The Bertz CT molecular complexity index is 1080. The Morgan fingerprint density at radius 2 is 1.88 bits per heavy atom. The van der Waals surface area contributed by atoms with Crippen molar-refractivity contribution < 1.29 is 23.0 Å². The summed E-state index contributed by atoms with van der Waals surface area (Å²) in [4.78, 5) is 24.1. The third kappa shape index (κ3) is 5.90. The fraction of sp³-hybridized carbons (Fsp3) is 0.318. The quantitative estimate of drug-likeness (QED) is 0.405. The molecule has 0 bridgehead atoms. The van der Waals surface area contributed by atoms with Gasteiger partial charge in [-0.25, -0.2) is 9.97 Å². The Kier molecular flexibility index (Phi) is 7.46. The van der Waals surface area contributed by atoms with Crippen molar-refractivity contribution in [3.05, 3.63) is 54.4 Å². The Morgan fingerprint density at radius 1 is 1.12 bits per heavy atom. The van der Waals surface area contributed by atoms with E-state index in [0.29, 0.717) is 30.6 Å². The molecule has 4 rings (SSSR count). The number of fused-ring (bicyclic) bond motifs is 1. The summed E-state index contributed by atoms with van der Waals surface area (Å²) in [5.74, 6) is 0.309. The number of amides is 1. The second-order valence-corrected chi connectivity index (χ2v) is 8.03. The first-order valence-corrected chi connectivity index (χ1v) is 11.1. The topological polar surface area (TPSA) is 76.6 Å². The van der Waals surface area contributed by atoms with E-state index >= 15 is 0 Å². The number of aromatic nitrogens is 2. The molecule has 0 atom stereocenters. The van der Waals surface area contributed by atoms with E-state index in [2.05, 4.69) is 19.9 Å². The maximum atomic E-state index is 12.6. The van der Waals surface area contributed by atoms with Gasteiger partial charge in [-0.3, -0.25) is 9.69 Å². The number of thioether (sulfide) groups is 1. The number of halogens is 2. The van der Waals surface area contributed by atoms with Crippen LogP contribution in [-0.4, -0.2) is 59.4 Å².